The zero-order valence-electron chi connectivity index (χ0n) is 18.7. The third kappa shape index (κ3) is 4.61. The lowest BCUT2D eigenvalue weighted by Crippen LogP contribution is -2.42. The highest BCUT2D eigenvalue weighted by Gasteiger charge is 2.38. The molecule has 1 aromatic heterocycles. The number of ether oxygens (including phenoxy) is 1. The second-order valence-electron chi connectivity index (χ2n) is 8.65. The van der Waals surface area contributed by atoms with E-state index in [0.29, 0.717) is 16.5 Å². The van der Waals surface area contributed by atoms with E-state index in [0.717, 1.165) is 10.5 Å². The van der Waals surface area contributed by atoms with Crippen LogP contribution < -0.4 is 0 Å². The summed E-state index contributed by atoms with van der Waals surface area (Å²) in [4.78, 5) is 42.2. The molecule has 2 aromatic carbocycles. The number of sulfone groups is 1. The van der Waals surface area contributed by atoms with Crippen LogP contribution in [0.5, 0.6) is 0 Å². The van der Waals surface area contributed by atoms with Gasteiger partial charge >= 0.3 is 5.97 Å². The molecule has 0 unspecified atom stereocenters. The summed E-state index contributed by atoms with van der Waals surface area (Å²) >= 11 is 0. The van der Waals surface area contributed by atoms with Gasteiger partial charge in [0.05, 0.1) is 17.5 Å². The summed E-state index contributed by atoms with van der Waals surface area (Å²) in [6.45, 7) is 0. The maximum Gasteiger partial charge on any atom is 0.355 e. The molecule has 1 amide bonds. The van der Waals surface area contributed by atoms with Crippen LogP contribution in [0.1, 0.15) is 41.3 Å². The third-order valence-electron chi connectivity index (χ3n) is 6.27. The van der Waals surface area contributed by atoms with Crippen molar-refractivity contribution in [3.05, 3.63) is 71.9 Å². The number of hydrazone groups is 1. The Bertz CT molecular complexity index is 1440. The monoisotopic (exact) mass is 493 g/mol. The molecule has 1 saturated heterocycles. The fraction of sp³-hybridized carbons (Fsp3) is 0.280. The Hall–Kier alpha value is -3.79. The minimum absolute atomic E-state index is 0.0108. The molecule has 180 valence electrons. The minimum atomic E-state index is -3.24. The summed E-state index contributed by atoms with van der Waals surface area (Å²) in [5, 5.41) is 5.99. The first kappa shape index (κ1) is 23.0. The Morgan fingerprint density at radius 1 is 1.06 bits per heavy atom. The molecule has 10 heteroatoms. The van der Waals surface area contributed by atoms with E-state index >= 15 is 0 Å². The van der Waals surface area contributed by atoms with Crippen molar-refractivity contribution in [2.45, 2.75) is 31.4 Å². The predicted octanol–water partition coefficient (Wildman–Crippen LogP) is 2.80. The van der Waals surface area contributed by atoms with E-state index < -0.39 is 33.7 Å². The molecule has 0 saturated carbocycles. The van der Waals surface area contributed by atoms with Gasteiger partial charge in [-0.25, -0.2) is 18.2 Å². The van der Waals surface area contributed by atoms with Crippen molar-refractivity contribution >= 4 is 44.1 Å². The molecule has 0 radical (unpaired) electrons. The van der Waals surface area contributed by atoms with Gasteiger partial charge in [0.25, 0.3) is 0 Å². The molecule has 1 fully saturated rings. The molecule has 3 heterocycles. The molecular weight excluding hydrogens is 470 g/mol. The number of benzene rings is 2. The molecule has 0 spiro atoms. The molecule has 0 bridgehead atoms. The van der Waals surface area contributed by atoms with Crippen LogP contribution in [0.2, 0.25) is 0 Å². The Morgan fingerprint density at radius 2 is 1.80 bits per heavy atom. The van der Waals surface area contributed by atoms with E-state index in [9.17, 15) is 22.8 Å². The second kappa shape index (κ2) is 9.10. The zero-order valence-corrected chi connectivity index (χ0v) is 19.5. The number of nitrogens with one attached hydrogen (secondary N) is 1. The average Bonchev–Trinajstić information content (AvgIpc) is 3.45. The van der Waals surface area contributed by atoms with Gasteiger partial charge in [-0.15, -0.1) is 0 Å². The molecule has 2 aliphatic heterocycles. The zero-order chi connectivity index (χ0) is 24.6. The molecule has 35 heavy (non-hydrogen) atoms. The lowest BCUT2D eigenvalue weighted by molar-refractivity contribution is -0.140. The van der Waals surface area contributed by atoms with Crippen molar-refractivity contribution in [1.29, 1.82) is 0 Å². The van der Waals surface area contributed by atoms with Crippen molar-refractivity contribution in [3.63, 3.8) is 0 Å². The highest BCUT2D eigenvalue weighted by molar-refractivity contribution is 7.91. The van der Waals surface area contributed by atoms with Gasteiger partial charge in [0, 0.05) is 41.1 Å². The summed E-state index contributed by atoms with van der Waals surface area (Å²) in [5.41, 5.74) is 1.66. The number of rotatable bonds is 6. The number of fused-ring (bicyclic) bond motifs is 1. The summed E-state index contributed by atoms with van der Waals surface area (Å²) in [6.07, 6.45) is 0.706. The number of hydrogen-bond donors (Lipinski definition) is 1. The summed E-state index contributed by atoms with van der Waals surface area (Å²) in [7, 11) is -3.24. The van der Waals surface area contributed by atoms with Crippen LogP contribution >= 0.6 is 0 Å². The lowest BCUT2D eigenvalue weighted by atomic mass is 9.99. The van der Waals surface area contributed by atoms with Gasteiger partial charge in [-0.2, -0.15) is 5.10 Å². The van der Waals surface area contributed by atoms with Gasteiger partial charge in [0.2, 0.25) is 11.7 Å². The largest absolute Gasteiger partial charge is 0.444 e. The Labute approximate surface area is 201 Å². The van der Waals surface area contributed by atoms with Gasteiger partial charge in [-0.3, -0.25) is 9.59 Å². The molecule has 0 aliphatic carbocycles. The Morgan fingerprint density at radius 3 is 2.54 bits per heavy atom. The number of Topliss-reactive ketones (excluding diaryl/α,β-unsaturated/α-hetero) is 1. The fourth-order valence-corrected chi connectivity index (χ4v) is 6.16. The van der Waals surface area contributed by atoms with Gasteiger partial charge in [-0.1, -0.05) is 48.5 Å². The van der Waals surface area contributed by atoms with E-state index in [1.54, 1.807) is 36.5 Å². The maximum absolute atomic E-state index is 13.6. The fourth-order valence-electron chi connectivity index (χ4n) is 4.46. The van der Waals surface area contributed by atoms with E-state index in [-0.39, 0.29) is 42.4 Å². The van der Waals surface area contributed by atoms with Gasteiger partial charge in [0.1, 0.15) is 5.71 Å². The predicted molar refractivity (Wildman–Crippen MR) is 128 cm³/mol. The molecule has 9 nitrogen and oxygen atoms in total. The SMILES string of the molecule is O=C(O[C@H](C(=O)c1c[nH]c2ccccc12)c1ccccc1)C1=NN([C@H]2CCS(=O)(=O)C2)C(=O)CC1. The number of aromatic nitrogens is 1. The number of carbonyl (C=O) groups excluding carboxylic acids is 3. The van der Waals surface area contributed by atoms with Gasteiger partial charge < -0.3 is 9.72 Å². The number of esters is 1. The molecule has 2 aliphatic rings. The third-order valence-corrected chi connectivity index (χ3v) is 8.02. The van der Waals surface area contributed by atoms with Crippen molar-refractivity contribution in [1.82, 2.24) is 9.99 Å². The first-order valence-electron chi connectivity index (χ1n) is 11.3. The average molecular weight is 494 g/mol. The number of H-pyrrole nitrogens is 1. The van der Waals surface area contributed by atoms with Crippen molar-refractivity contribution < 1.29 is 27.5 Å². The van der Waals surface area contributed by atoms with E-state index in [4.69, 9.17) is 4.74 Å². The first-order valence-corrected chi connectivity index (χ1v) is 13.1. The lowest BCUT2D eigenvalue weighted by Gasteiger charge is -2.27. The smallest absolute Gasteiger partial charge is 0.355 e. The number of para-hydroxylation sites is 1. The summed E-state index contributed by atoms with van der Waals surface area (Å²) in [5.74, 6) is -1.75. The second-order valence-corrected chi connectivity index (χ2v) is 10.9. The number of aromatic amines is 1. The molecule has 3 aromatic rings. The molecule has 2 atom stereocenters. The van der Waals surface area contributed by atoms with Gasteiger partial charge in [-0.05, 0) is 12.5 Å². The topological polar surface area (TPSA) is 126 Å². The summed E-state index contributed by atoms with van der Waals surface area (Å²) < 4.78 is 29.4. The van der Waals surface area contributed by atoms with Crippen LogP contribution in [0, 0.1) is 0 Å². The number of amides is 1. The normalized spacial score (nSPS) is 20.5. The van der Waals surface area contributed by atoms with Crippen LogP contribution in [0.25, 0.3) is 10.9 Å². The Kier molecular flexibility index (Phi) is 5.98. The highest BCUT2D eigenvalue weighted by atomic mass is 32.2. The van der Waals surface area contributed by atoms with Gasteiger partial charge in [0.15, 0.2) is 15.9 Å². The molecule has 1 N–H and O–H groups in total. The first-order chi connectivity index (χ1) is 16.8. The van der Waals surface area contributed by atoms with Crippen LogP contribution in [0.3, 0.4) is 0 Å². The van der Waals surface area contributed by atoms with Crippen LogP contribution in [0.15, 0.2) is 65.9 Å². The molecular formula is C25H23N3O6S. The van der Waals surface area contributed by atoms with Crippen LogP contribution in [0.4, 0.5) is 0 Å². The number of carbonyl (C=O) groups is 3. The Balaban J connectivity index is 1.43. The minimum Gasteiger partial charge on any atom is -0.444 e. The van der Waals surface area contributed by atoms with Crippen LogP contribution in [-0.2, 0) is 24.2 Å². The number of nitrogens with zero attached hydrogens (tertiary/aromatic N) is 2. The summed E-state index contributed by atoms with van der Waals surface area (Å²) in [6, 6.07) is 15.4. The number of ketones is 1. The van der Waals surface area contributed by atoms with E-state index in [1.165, 1.54) is 0 Å². The van der Waals surface area contributed by atoms with Crippen molar-refractivity contribution in [2.75, 3.05) is 11.5 Å². The highest BCUT2D eigenvalue weighted by Crippen LogP contribution is 2.28. The quantitative estimate of drug-likeness (QED) is 0.416. The van der Waals surface area contributed by atoms with E-state index in [2.05, 4.69) is 10.1 Å². The molecule has 5 rings (SSSR count). The van der Waals surface area contributed by atoms with E-state index in [1.807, 2.05) is 24.3 Å². The maximum atomic E-state index is 13.6. The van der Waals surface area contributed by atoms with Crippen LogP contribution in [-0.4, -0.2) is 59.3 Å². The standard InChI is InChI=1S/C25H23N3O6S/c29-22-11-10-21(27-28(22)17-12-13-35(32,33)15-17)25(31)34-24(16-6-2-1-3-7-16)23(30)19-14-26-20-9-5-4-8-18(19)20/h1-9,14,17,24,26H,10-13,15H2/t17-,24-/m0/s1. The number of hydrogen-bond acceptors (Lipinski definition) is 7. The van der Waals surface area contributed by atoms with Crippen molar-refractivity contribution in [2.24, 2.45) is 5.10 Å². The van der Waals surface area contributed by atoms with Crippen molar-refractivity contribution in [3.8, 4) is 0 Å².